The van der Waals surface area contributed by atoms with Crippen molar-refractivity contribution in [3.63, 3.8) is 0 Å². The molecule has 0 atom stereocenters. The van der Waals surface area contributed by atoms with Gasteiger partial charge in [-0.15, -0.1) is 0 Å². The number of fused-ring (bicyclic) bond motifs is 1. The third-order valence-electron chi connectivity index (χ3n) is 5.77. The van der Waals surface area contributed by atoms with Gasteiger partial charge >= 0.3 is 5.69 Å². The van der Waals surface area contributed by atoms with Crippen molar-refractivity contribution in [2.45, 2.75) is 66.3 Å². The van der Waals surface area contributed by atoms with Crippen molar-refractivity contribution in [2.75, 3.05) is 0 Å². The SMILES string of the molecule is C=c1/c(=C\C(C)=C(C)C)nc2c(=O)[nH]c(=O)nc-2n1CCCc1ccc(C(C)(C)C)cc1. The van der Waals surface area contributed by atoms with Crippen LogP contribution >= 0.6 is 0 Å². The first-order chi connectivity index (χ1) is 15.0. The van der Waals surface area contributed by atoms with Crippen LogP contribution in [0.15, 0.2) is 45.0 Å². The standard InChI is InChI=1S/C26H32N4O2/c1-16(2)17(3)15-21-18(4)30(23-22(27-21)24(31)29-25(32)28-23)14-8-9-19-10-12-20(13-11-19)26(5,6)7/h10-13,15H,4,8-9,14H2,1-3,5-7H3,(H,29,31,32)/b21-15+. The van der Waals surface area contributed by atoms with Crippen LogP contribution < -0.4 is 21.9 Å². The van der Waals surface area contributed by atoms with E-state index < -0.39 is 11.2 Å². The van der Waals surface area contributed by atoms with E-state index in [1.807, 2.05) is 31.4 Å². The summed E-state index contributed by atoms with van der Waals surface area (Å²) in [5.41, 5.74) is 3.82. The molecule has 1 N–H and O–H groups in total. The Bertz CT molecular complexity index is 1350. The number of benzene rings is 1. The number of nitrogens with zero attached hydrogens (tertiary/aromatic N) is 3. The molecule has 3 rings (SSSR count). The average molecular weight is 433 g/mol. The van der Waals surface area contributed by atoms with Gasteiger partial charge in [-0.1, -0.05) is 62.8 Å². The van der Waals surface area contributed by atoms with Gasteiger partial charge in [-0.25, -0.2) is 9.78 Å². The summed E-state index contributed by atoms with van der Waals surface area (Å²) >= 11 is 0. The molecular formula is C26H32N4O2. The van der Waals surface area contributed by atoms with Crippen LogP contribution in [0, 0.1) is 0 Å². The van der Waals surface area contributed by atoms with Gasteiger partial charge in [0, 0.05) is 6.54 Å². The van der Waals surface area contributed by atoms with Gasteiger partial charge in [-0.2, -0.15) is 4.98 Å². The Hall–Kier alpha value is -3.28. The minimum absolute atomic E-state index is 0.123. The number of allylic oxidation sites excluding steroid dienone is 2. The van der Waals surface area contributed by atoms with Gasteiger partial charge in [-0.3, -0.25) is 9.78 Å². The molecule has 2 heterocycles. The first-order valence-electron chi connectivity index (χ1n) is 10.9. The molecule has 2 aliphatic rings. The number of aromatic amines is 1. The molecule has 168 valence electrons. The predicted octanol–water partition coefficient (Wildman–Crippen LogP) is 2.91. The highest BCUT2D eigenvalue weighted by molar-refractivity contribution is 5.52. The molecule has 1 aromatic carbocycles. The molecule has 6 nitrogen and oxygen atoms in total. The maximum absolute atomic E-state index is 12.4. The van der Waals surface area contributed by atoms with Gasteiger partial charge in [0.25, 0.3) is 5.56 Å². The maximum Gasteiger partial charge on any atom is 0.349 e. The van der Waals surface area contributed by atoms with Crippen molar-refractivity contribution in [2.24, 2.45) is 0 Å². The molecule has 0 aliphatic carbocycles. The normalized spacial score (nSPS) is 12.4. The summed E-state index contributed by atoms with van der Waals surface area (Å²) in [5, 5.41) is 1.25. The van der Waals surface area contributed by atoms with E-state index in [1.165, 1.54) is 11.1 Å². The molecule has 1 aromatic rings. The van der Waals surface area contributed by atoms with Crippen LogP contribution in [0.1, 0.15) is 59.1 Å². The van der Waals surface area contributed by atoms with Crippen molar-refractivity contribution in [1.29, 1.82) is 0 Å². The number of hydrogen-bond acceptors (Lipinski definition) is 4. The molecule has 0 amide bonds. The summed E-state index contributed by atoms with van der Waals surface area (Å²) < 4.78 is 1.84. The molecule has 0 fully saturated rings. The van der Waals surface area contributed by atoms with Gasteiger partial charge < -0.3 is 4.57 Å². The Balaban J connectivity index is 1.99. The van der Waals surface area contributed by atoms with Crippen molar-refractivity contribution in [1.82, 2.24) is 19.5 Å². The molecule has 0 saturated carbocycles. The van der Waals surface area contributed by atoms with E-state index >= 15 is 0 Å². The highest BCUT2D eigenvalue weighted by Crippen LogP contribution is 2.22. The van der Waals surface area contributed by atoms with Crippen molar-refractivity contribution >= 4 is 12.7 Å². The zero-order valence-corrected chi connectivity index (χ0v) is 19.9. The maximum atomic E-state index is 12.4. The van der Waals surface area contributed by atoms with E-state index in [9.17, 15) is 9.59 Å². The van der Waals surface area contributed by atoms with Crippen molar-refractivity contribution in [3.05, 3.63) is 78.1 Å². The largest absolute Gasteiger partial charge is 0.349 e. The summed E-state index contributed by atoms with van der Waals surface area (Å²) in [6.07, 6.45) is 3.59. The Morgan fingerprint density at radius 3 is 2.34 bits per heavy atom. The van der Waals surface area contributed by atoms with Crippen LogP contribution in [0.5, 0.6) is 0 Å². The van der Waals surface area contributed by atoms with E-state index in [1.54, 1.807) is 0 Å². The summed E-state index contributed by atoms with van der Waals surface area (Å²) in [6.45, 7) is 17.4. The zero-order valence-electron chi connectivity index (χ0n) is 19.9. The second kappa shape index (κ2) is 9.07. The quantitative estimate of drug-likeness (QED) is 0.672. The monoisotopic (exact) mass is 432 g/mol. The van der Waals surface area contributed by atoms with Crippen molar-refractivity contribution < 1.29 is 0 Å². The third-order valence-corrected chi connectivity index (χ3v) is 5.77. The fraction of sp³-hybridized carbons (Fsp3) is 0.385. The molecule has 0 radical (unpaired) electrons. The first kappa shape index (κ1) is 23.4. The summed E-state index contributed by atoms with van der Waals surface area (Å²) in [4.78, 5) is 35.0. The summed E-state index contributed by atoms with van der Waals surface area (Å²) in [6, 6.07) is 8.68. The van der Waals surface area contributed by atoms with Gasteiger partial charge in [0.15, 0.2) is 11.5 Å². The van der Waals surface area contributed by atoms with Crippen LogP contribution in [-0.2, 0) is 18.4 Å². The Morgan fingerprint density at radius 2 is 1.75 bits per heavy atom. The van der Waals surface area contributed by atoms with E-state index in [0.717, 1.165) is 24.0 Å². The lowest BCUT2D eigenvalue weighted by molar-refractivity contribution is 0.588. The van der Waals surface area contributed by atoms with Crippen LogP contribution in [-0.4, -0.2) is 19.5 Å². The Labute approximate surface area is 188 Å². The van der Waals surface area contributed by atoms with E-state index in [4.69, 9.17) is 0 Å². The van der Waals surface area contributed by atoms with Crippen LogP contribution in [0.4, 0.5) is 0 Å². The van der Waals surface area contributed by atoms with Crippen LogP contribution in [0.3, 0.4) is 0 Å². The first-order valence-corrected chi connectivity index (χ1v) is 10.9. The molecule has 32 heavy (non-hydrogen) atoms. The minimum atomic E-state index is -0.674. The number of rotatable bonds is 5. The second-order valence-electron chi connectivity index (χ2n) is 9.52. The highest BCUT2D eigenvalue weighted by Gasteiger charge is 2.17. The van der Waals surface area contributed by atoms with E-state index in [-0.39, 0.29) is 16.9 Å². The van der Waals surface area contributed by atoms with Gasteiger partial charge in [0.05, 0.1) is 10.7 Å². The lowest BCUT2D eigenvalue weighted by atomic mass is 9.86. The van der Waals surface area contributed by atoms with Crippen molar-refractivity contribution in [3.8, 4) is 11.5 Å². The molecule has 0 spiro atoms. The fourth-order valence-electron chi connectivity index (χ4n) is 3.49. The molecule has 6 heteroatoms. The van der Waals surface area contributed by atoms with Gasteiger partial charge in [0.2, 0.25) is 0 Å². The molecule has 2 aliphatic heterocycles. The third kappa shape index (κ3) is 5.13. The molecule has 0 bridgehead atoms. The topological polar surface area (TPSA) is 80.6 Å². The minimum Gasteiger partial charge on any atom is -0.323 e. The van der Waals surface area contributed by atoms with Gasteiger partial charge in [0.1, 0.15) is 0 Å². The summed E-state index contributed by atoms with van der Waals surface area (Å²) in [5.74, 6) is 0.277. The van der Waals surface area contributed by atoms with Gasteiger partial charge in [-0.05, 0) is 56.2 Å². The lowest BCUT2D eigenvalue weighted by Crippen LogP contribution is -2.43. The fourth-order valence-corrected chi connectivity index (χ4v) is 3.49. The van der Waals surface area contributed by atoms with E-state index in [2.05, 4.69) is 66.6 Å². The Morgan fingerprint density at radius 1 is 1.09 bits per heavy atom. The van der Waals surface area contributed by atoms with Crippen LogP contribution in [0.2, 0.25) is 0 Å². The second-order valence-corrected chi connectivity index (χ2v) is 9.52. The smallest absolute Gasteiger partial charge is 0.323 e. The summed E-state index contributed by atoms with van der Waals surface area (Å²) in [7, 11) is 0. The predicted molar refractivity (Wildman–Crippen MR) is 130 cm³/mol. The Kier molecular flexibility index (Phi) is 6.63. The number of nitrogens with one attached hydrogen (secondary N) is 1. The number of aromatic nitrogens is 4. The molecular weight excluding hydrogens is 400 g/mol. The molecule has 0 unspecified atom stereocenters. The average Bonchev–Trinajstić information content (AvgIpc) is 2.70. The number of aryl methyl sites for hydroxylation is 1. The zero-order chi connectivity index (χ0) is 23.6. The lowest BCUT2D eigenvalue weighted by Gasteiger charge is -2.19. The molecule has 0 aromatic heterocycles. The molecule has 0 saturated heterocycles. The number of H-pyrrole nitrogens is 1. The highest BCUT2D eigenvalue weighted by atomic mass is 16.2. The van der Waals surface area contributed by atoms with Crippen LogP contribution in [0.25, 0.3) is 24.2 Å². The van der Waals surface area contributed by atoms with E-state index in [0.29, 0.717) is 17.2 Å². The number of hydrogen-bond donors (Lipinski definition) is 1.